The van der Waals surface area contributed by atoms with E-state index < -0.39 is 0 Å². The van der Waals surface area contributed by atoms with E-state index >= 15 is 0 Å². The molecule has 20 heavy (non-hydrogen) atoms. The van der Waals surface area contributed by atoms with Crippen LogP contribution in [0, 0.1) is 11.3 Å². The molecule has 0 saturated carbocycles. The van der Waals surface area contributed by atoms with E-state index in [0.717, 1.165) is 24.3 Å². The van der Waals surface area contributed by atoms with E-state index in [4.69, 9.17) is 0 Å². The fourth-order valence-electron chi connectivity index (χ4n) is 2.16. The number of hydrogen-bond donors (Lipinski definition) is 1. The first-order chi connectivity index (χ1) is 9.58. The Labute approximate surface area is 123 Å². The number of nitrogens with zero attached hydrogens (tertiary/aromatic N) is 2. The molecular weight excluding hydrogens is 246 g/mol. The maximum atomic E-state index is 9.34. The molecule has 0 fully saturated rings. The van der Waals surface area contributed by atoms with Gasteiger partial charge in [0.25, 0.3) is 0 Å². The molecule has 0 aromatic heterocycles. The second kappa shape index (κ2) is 8.60. The van der Waals surface area contributed by atoms with Gasteiger partial charge in [0.05, 0.1) is 11.3 Å². The average molecular weight is 273 g/mol. The van der Waals surface area contributed by atoms with Gasteiger partial charge < -0.3 is 10.2 Å². The summed E-state index contributed by atoms with van der Waals surface area (Å²) in [5.41, 5.74) is 2.98. The lowest BCUT2D eigenvalue weighted by Gasteiger charge is -2.21. The summed E-state index contributed by atoms with van der Waals surface area (Å²) in [6.45, 7) is 8.28. The van der Waals surface area contributed by atoms with Crippen LogP contribution in [0.1, 0.15) is 51.2 Å². The van der Waals surface area contributed by atoms with Crippen LogP contribution in [-0.2, 0) is 6.54 Å². The molecule has 1 N–H and O–H groups in total. The van der Waals surface area contributed by atoms with E-state index in [1.54, 1.807) is 0 Å². The fraction of sp³-hybridized carbons (Fsp3) is 0.588. The third-order valence-electron chi connectivity index (χ3n) is 3.40. The van der Waals surface area contributed by atoms with Gasteiger partial charge in [-0.05, 0) is 24.1 Å². The number of rotatable bonds is 8. The smallest absolute Gasteiger partial charge is 0.101 e. The number of benzene rings is 1. The van der Waals surface area contributed by atoms with Crippen LogP contribution in [0.25, 0.3) is 0 Å². The van der Waals surface area contributed by atoms with Crippen molar-refractivity contribution in [3.63, 3.8) is 0 Å². The molecule has 0 heterocycles. The molecule has 0 aliphatic carbocycles. The van der Waals surface area contributed by atoms with Gasteiger partial charge in [0.2, 0.25) is 0 Å². The van der Waals surface area contributed by atoms with Gasteiger partial charge in [0.1, 0.15) is 6.07 Å². The highest BCUT2D eigenvalue weighted by Crippen LogP contribution is 2.21. The molecule has 1 rings (SSSR count). The Hall–Kier alpha value is -1.53. The maximum Gasteiger partial charge on any atom is 0.101 e. The second-order valence-corrected chi connectivity index (χ2v) is 5.63. The van der Waals surface area contributed by atoms with Crippen LogP contribution in [0.15, 0.2) is 18.2 Å². The minimum atomic E-state index is 0.455. The van der Waals surface area contributed by atoms with Gasteiger partial charge in [0, 0.05) is 26.2 Å². The zero-order valence-corrected chi connectivity index (χ0v) is 13.2. The lowest BCUT2D eigenvalue weighted by Crippen LogP contribution is -2.22. The molecule has 0 aliphatic rings. The molecule has 3 heteroatoms. The zero-order valence-electron chi connectivity index (χ0n) is 13.2. The summed E-state index contributed by atoms with van der Waals surface area (Å²) in [5, 5.41) is 12.7. The van der Waals surface area contributed by atoms with Crippen LogP contribution < -0.4 is 10.2 Å². The van der Waals surface area contributed by atoms with Crippen molar-refractivity contribution in [2.45, 2.75) is 52.6 Å². The Morgan fingerprint density at radius 3 is 2.65 bits per heavy atom. The lowest BCUT2D eigenvalue weighted by molar-refractivity contribution is 0.589. The average Bonchev–Trinajstić information content (AvgIpc) is 2.44. The Morgan fingerprint density at radius 1 is 1.30 bits per heavy atom. The summed E-state index contributed by atoms with van der Waals surface area (Å²) >= 11 is 0. The van der Waals surface area contributed by atoms with Crippen molar-refractivity contribution in [2.24, 2.45) is 0 Å². The van der Waals surface area contributed by atoms with E-state index in [1.165, 1.54) is 24.8 Å². The van der Waals surface area contributed by atoms with Gasteiger partial charge >= 0.3 is 0 Å². The summed E-state index contributed by atoms with van der Waals surface area (Å²) in [7, 11) is 2.07. The van der Waals surface area contributed by atoms with Gasteiger partial charge in [-0.3, -0.25) is 0 Å². The molecule has 0 saturated heterocycles. The minimum Gasteiger partial charge on any atom is -0.374 e. The number of nitrogens with one attached hydrogen (secondary N) is 1. The van der Waals surface area contributed by atoms with Crippen LogP contribution in [-0.4, -0.2) is 19.6 Å². The predicted octanol–water partition coefficient (Wildman–Crippen LogP) is 3.68. The van der Waals surface area contributed by atoms with Crippen LogP contribution in [0.2, 0.25) is 0 Å². The largest absolute Gasteiger partial charge is 0.374 e. The SMILES string of the molecule is CCCCCN(C)c1ccc(CNC(C)C)cc1C#N. The highest BCUT2D eigenvalue weighted by atomic mass is 15.1. The van der Waals surface area contributed by atoms with Crippen molar-refractivity contribution >= 4 is 5.69 Å². The molecule has 0 unspecified atom stereocenters. The van der Waals surface area contributed by atoms with Crippen molar-refractivity contribution < 1.29 is 0 Å². The number of nitriles is 1. The van der Waals surface area contributed by atoms with E-state index in [0.29, 0.717) is 6.04 Å². The Balaban J connectivity index is 2.75. The first kappa shape index (κ1) is 16.5. The van der Waals surface area contributed by atoms with Gasteiger partial charge in [-0.25, -0.2) is 0 Å². The normalized spacial score (nSPS) is 10.6. The summed E-state index contributed by atoms with van der Waals surface area (Å²) < 4.78 is 0. The highest BCUT2D eigenvalue weighted by molar-refractivity contribution is 5.60. The topological polar surface area (TPSA) is 39.1 Å². The van der Waals surface area contributed by atoms with Gasteiger partial charge in [0.15, 0.2) is 0 Å². The third kappa shape index (κ3) is 5.22. The van der Waals surface area contributed by atoms with Crippen molar-refractivity contribution in [2.75, 3.05) is 18.5 Å². The van der Waals surface area contributed by atoms with E-state index in [2.05, 4.69) is 56.2 Å². The van der Waals surface area contributed by atoms with Crippen molar-refractivity contribution in [1.82, 2.24) is 5.32 Å². The van der Waals surface area contributed by atoms with Crippen molar-refractivity contribution in [1.29, 1.82) is 5.26 Å². The maximum absolute atomic E-state index is 9.34. The summed E-state index contributed by atoms with van der Waals surface area (Å²) in [4.78, 5) is 2.19. The summed E-state index contributed by atoms with van der Waals surface area (Å²) in [6, 6.07) is 8.97. The number of hydrogen-bond acceptors (Lipinski definition) is 3. The standard InChI is InChI=1S/C17H27N3/c1-5-6-7-10-20(4)17-9-8-15(11-16(17)12-18)13-19-14(2)3/h8-9,11,14,19H,5-7,10,13H2,1-4H3. The number of anilines is 1. The van der Waals surface area contributed by atoms with E-state index in [1.807, 2.05) is 6.07 Å². The second-order valence-electron chi connectivity index (χ2n) is 5.63. The monoisotopic (exact) mass is 273 g/mol. The highest BCUT2D eigenvalue weighted by Gasteiger charge is 2.08. The molecule has 1 aromatic rings. The van der Waals surface area contributed by atoms with Crippen molar-refractivity contribution in [3.8, 4) is 6.07 Å². The fourth-order valence-corrected chi connectivity index (χ4v) is 2.16. The first-order valence-electron chi connectivity index (χ1n) is 7.56. The van der Waals surface area contributed by atoms with Gasteiger partial charge in [-0.1, -0.05) is 39.7 Å². The Kier molecular flexibility index (Phi) is 7.11. The molecule has 1 aromatic carbocycles. The van der Waals surface area contributed by atoms with Crippen LogP contribution >= 0.6 is 0 Å². The minimum absolute atomic E-state index is 0.455. The molecule has 0 radical (unpaired) electrons. The summed E-state index contributed by atoms with van der Waals surface area (Å²) in [5.74, 6) is 0. The Bertz CT molecular complexity index is 446. The zero-order chi connectivity index (χ0) is 15.0. The molecule has 0 aliphatic heterocycles. The van der Waals surface area contributed by atoms with E-state index in [9.17, 15) is 5.26 Å². The van der Waals surface area contributed by atoms with Crippen LogP contribution in [0.4, 0.5) is 5.69 Å². The van der Waals surface area contributed by atoms with E-state index in [-0.39, 0.29) is 0 Å². The molecule has 0 amide bonds. The molecule has 0 atom stereocenters. The van der Waals surface area contributed by atoms with Crippen LogP contribution in [0.3, 0.4) is 0 Å². The van der Waals surface area contributed by atoms with Crippen molar-refractivity contribution in [3.05, 3.63) is 29.3 Å². The van der Waals surface area contributed by atoms with Gasteiger partial charge in [-0.2, -0.15) is 5.26 Å². The lowest BCUT2D eigenvalue weighted by atomic mass is 10.1. The van der Waals surface area contributed by atoms with Crippen LogP contribution in [0.5, 0.6) is 0 Å². The quantitative estimate of drug-likeness (QED) is 0.734. The van der Waals surface area contributed by atoms with Gasteiger partial charge in [-0.15, -0.1) is 0 Å². The molecule has 3 nitrogen and oxygen atoms in total. The predicted molar refractivity (Wildman–Crippen MR) is 85.9 cm³/mol. The molecular formula is C17H27N3. The third-order valence-corrected chi connectivity index (χ3v) is 3.40. The molecule has 110 valence electrons. The Morgan fingerprint density at radius 2 is 2.05 bits per heavy atom. The molecule has 0 spiro atoms. The molecule has 0 bridgehead atoms. The number of unbranched alkanes of at least 4 members (excludes halogenated alkanes) is 2. The first-order valence-corrected chi connectivity index (χ1v) is 7.56. The summed E-state index contributed by atoms with van der Waals surface area (Å²) in [6.07, 6.45) is 3.63.